The van der Waals surface area contributed by atoms with Gasteiger partial charge in [-0.05, 0) is 58.7 Å². The second-order valence-corrected chi connectivity index (χ2v) is 9.10. The van der Waals surface area contributed by atoms with Crippen molar-refractivity contribution in [1.29, 1.82) is 5.26 Å². The Morgan fingerprint density at radius 3 is 2.48 bits per heavy atom. The topological polar surface area (TPSA) is 86.9 Å². The Kier molecular flexibility index (Phi) is 8.81. The summed E-state index contributed by atoms with van der Waals surface area (Å²) in [4.78, 5) is 4.66. The first kappa shape index (κ1) is 23.5. The van der Waals surface area contributed by atoms with Crippen LogP contribution in [0.15, 0.2) is 17.1 Å². The van der Waals surface area contributed by atoms with Gasteiger partial charge in [-0.2, -0.15) is 5.26 Å². The first-order chi connectivity index (χ1) is 13.8. The molecule has 0 fully saturated rings. The van der Waals surface area contributed by atoms with E-state index < -0.39 is 11.4 Å². The van der Waals surface area contributed by atoms with Crippen molar-refractivity contribution in [3.8, 4) is 17.6 Å². The van der Waals surface area contributed by atoms with Crippen LogP contribution < -0.4 is 14.8 Å². The molecule has 2 N–H and O–H groups in total. The number of nitriles is 1. The largest absolute Gasteiger partial charge is 0.490 e. The molecule has 1 aromatic carbocycles. The van der Waals surface area contributed by atoms with Crippen molar-refractivity contribution in [2.75, 3.05) is 32.1 Å². The Bertz CT molecular complexity index is 753. The molecule has 1 aromatic rings. The third-order valence-corrected chi connectivity index (χ3v) is 5.64. The van der Waals surface area contributed by atoms with Crippen LogP contribution in [0.1, 0.15) is 45.7 Å². The van der Waals surface area contributed by atoms with Crippen LogP contribution in [0.3, 0.4) is 0 Å². The smallest absolute Gasteiger partial charge is 0.161 e. The molecule has 2 unspecified atom stereocenters. The fraction of sp³-hybridized carbons (Fsp3) is 0.636. The summed E-state index contributed by atoms with van der Waals surface area (Å²) in [6.07, 6.45) is 0.282. The van der Waals surface area contributed by atoms with Crippen LogP contribution >= 0.6 is 11.8 Å². The lowest BCUT2D eigenvalue weighted by molar-refractivity contribution is 0.183. The van der Waals surface area contributed by atoms with Gasteiger partial charge in [-0.3, -0.25) is 4.99 Å². The number of nitrogens with one attached hydrogen (secondary N) is 1. The predicted octanol–water partition coefficient (Wildman–Crippen LogP) is 3.20. The van der Waals surface area contributed by atoms with Gasteiger partial charge in [-0.25, -0.2) is 0 Å². The maximum Gasteiger partial charge on any atom is 0.161 e. The maximum atomic E-state index is 10.3. The summed E-state index contributed by atoms with van der Waals surface area (Å²) in [5, 5.41) is 22.9. The van der Waals surface area contributed by atoms with E-state index in [0.717, 1.165) is 29.0 Å². The molecule has 0 amide bonds. The summed E-state index contributed by atoms with van der Waals surface area (Å²) in [5.74, 6) is 1.88. The van der Waals surface area contributed by atoms with Gasteiger partial charge in [0.2, 0.25) is 0 Å². The lowest BCUT2D eigenvalue weighted by atomic mass is 9.95. The lowest BCUT2D eigenvalue weighted by Gasteiger charge is -2.24. The average molecular weight is 420 g/mol. The van der Waals surface area contributed by atoms with E-state index in [-0.39, 0.29) is 5.54 Å². The van der Waals surface area contributed by atoms with E-state index in [9.17, 15) is 10.4 Å². The molecule has 6 nitrogen and oxygen atoms in total. The summed E-state index contributed by atoms with van der Waals surface area (Å²) in [6.45, 7) is 12.3. The number of hydrogen-bond acceptors (Lipinski definition) is 7. The number of hydrogen-bond donors (Lipinski definition) is 2. The molecule has 0 radical (unpaired) electrons. The van der Waals surface area contributed by atoms with Gasteiger partial charge < -0.3 is 19.9 Å². The zero-order valence-corrected chi connectivity index (χ0v) is 18.9. The molecular formula is C22H33N3O3S. The Morgan fingerprint density at radius 1 is 1.24 bits per heavy atom. The van der Waals surface area contributed by atoms with Crippen LogP contribution in [0, 0.1) is 11.3 Å². The number of rotatable bonds is 10. The molecule has 2 atom stereocenters. The third kappa shape index (κ3) is 6.91. The molecule has 160 valence electrons. The number of aliphatic hydroxyl groups excluding tert-OH is 1. The molecule has 1 heterocycles. The number of fused-ring (bicyclic) bond motifs is 1. The van der Waals surface area contributed by atoms with Crippen LogP contribution in [0.2, 0.25) is 0 Å². The second-order valence-electron chi connectivity index (χ2n) is 7.97. The highest BCUT2D eigenvalue weighted by Gasteiger charge is 2.26. The number of aliphatic hydroxyl groups is 1. The van der Waals surface area contributed by atoms with Crippen molar-refractivity contribution in [3.63, 3.8) is 0 Å². The zero-order valence-electron chi connectivity index (χ0n) is 18.1. The third-order valence-electron chi connectivity index (χ3n) is 4.40. The van der Waals surface area contributed by atoms with Crippen LogP contribution in [0.5, 0.6) is 11.5 Å². The monoisotopic (exact) mass is 419 g/mol. The van der Waals surface area contributed by atoms with Crippen molar-refractivity contribution in [2.24, 2.45) is 4.99 Å². The minimum Gasteiger partial charge on any atom is -0.490 e. The molecule has 1 aliphatic rings. The summed E-state index contributed by atoms with van der Waals surface area (Å²) in [5.41, 5.74) is 2.78. The summed E-state index contributed by atoms with van der Waals surface area (Å²) in [7, 11) is 0. The van der Waals surface area contributed by atoms with E-state index in [1.165, 1.54) is 11.8 Å². The van der Waals surface area contributed by atoms with Gasteiger partial charge in [0.1, 0.15) is 5.25 Å². The van der Waals surface area contributed by atoms with E-state index >= 15 is 0 Å². The molecule has 7 heteroatoms. The molecule has 0 saturated heterocycles. The van der Waals surface area contributed by atoms with E-state index in [1.807, 2.05) is 26.0 Å². The molecule has 29 heavy (non-hydrogen) atoms. The highest BCUT2D eigenvalue weighted by Crippen LogP contribution is 2.35. The molecule has 0 saturated carbocycles. The normalized spacial score (nSPS) is 15.7. The van der Waals surface area contributed by atoms with E-state index in [0.29, 0.717) is 37.8 Å². The standard InChI is InChI=1S/C22H33N3O3S/c1-6-27-18-10-15-8-9-24-21(17(15)11-19(18)28-7-2)20(12-23)29-14-16(26)13-25-22(3,4)5/h10-11,16,20,25-26H,6-9,13-14H2,1-5H3. The maximum absolute atomic E-state index is 10.3. The van der Waals surface area contributed by atoms with Crippen molar-refractivity contribution >= 4 is 17.5 Å². The first-order valence-corrected chi connectivity index (χ1v) is 11.3. The van der Waals surface area contributed by atoms with Gasteiger partial charge in [-0.15, -0.1) is 11.8 Å². The van der Waals surface area contributed by atoms with Gasteiger partial charge >= 0.3 is 0 Å². The Labute approximate surface area is 178 Å². The molecule has 0 spiro atoms. The molecular weight excluding hydrogens is 386 g/mol. The van der Waals surface area contributed by atoms with Crippen LogP contribution in [-0.4, -0.2) is 59.8 Å². The van der Waals surface area contributed by atoms with Crippen LogP contribution in [-0.2, 0) is 6.42 Å². The summed E-state index contributed by atoms with van der Waals surface area (Å²) < 4.78 is 11.5. The minimum atomic E-state index is -0.530. The molecule has 0 aromatic heterocycles. The SMILES string of the molecule is CCOc1cc2c(cc1OCC)C(C(C#N)SCC(O)CNC(C)(C)C)=NCC2. The first-order valence-electron chi connectivity index (χ1n) is 10.2. The number of nitrogens with zero attached hydrogens (tertiary/aromatic N) is 2. The number of aliphatic imine (C=N–C) groups is 1. The number of β-amino-alcohol motifs (C(OH)–C–C–N with tert-alkyl or cyclic N) is 1. The molecule has 0 bridgehead atoms. The van der Waals surface area contributed by atoms with E-state index in [2.05, 4.69) is 37.1 Å². The zero-order chi connectivity index (χ0) is 21.4. The number of benzene rings is 1. The van der Waals surface area contributed by atoms with Gasteiger partial charge in [0.05, 0.1) is 31.1 Å². The summed E-state index contributed by atoms with van der Waals surface area (Å²) >= 11 is 1.43. The second kappa shape index (κ2) is 10.9. The predicted molar refractivity (Wildman–Crippen MR) is 120 cm³/mol. The number of thioether (sulfide) groups is 1. The van der Waals surface area contributed by atoms with Gasteiger partial charge in [0.25, 0.3) is 0 Å². The Balaban J connectivity index is 2.16. The fourth-order valence-corrected chi connectivity index (χ4v) is 4.02. The van der Waals surface area contributed by atoms with Crippen molar-refractivity contribution < 1.29 is 14.6 Å². The van der Waals surface area contributed by atoms with E-state index in [4.69, 9.17) is 9.47 Å². The van der Waals surface area contributed by atoms with Gasteiger partial charge in [-0.1, -0.05) is 0 Å². The number of ether oxygens (including phenoxy) is 2. The molecule has 1 aliphatic heterocycles. The Hall–Kier alpha value is -1.75. The molecule has 0 aliphatic carbocycles. The average Bonchev–Trinajstić information content (AvgIpc) is 2.67. The van der Waals surface area contributed by atoms with Crippen LogP contribution in [0.4, 0.5) is 0 Å². The van der Waals surface area contributed by atoms with Gasteiger partial charge in [0, 0.05) is 29.9 Å². The van der Waals surface area contributed by atoms with Crippen LogP contribution in [0.25, 0.3) is 0 Å². The Morgan fingerprint density at radius 2 is 1.90 bits per heavy atom. The molecule has 2 rings (SSSR count). The minimum absolute atomic E-state index is 0.0549. The highest BCUT2D eigenvalue weighted by atomic mass is 32.2. The summed E-state index contributed by atoms with van der Waals surface area (Å²) in [6, 6.07) is 6.32. The van der Waals surface area contributed by atoms with Crippen molar-refractivity contribution in [3.05, 3.63) is 23.3 Å². The van der Waals surface area contributed by atoms with E-state index in [1.54, 1.807) is 0 Å². The quantitative estimate of drug-likeness (QED) is 0.606. The van der Waals surface area contributed by atoms with Gasteiger partial charge in [0.15, 0.2) is 11.5 Å². The lowest BCUT2D eigenvalue weighted by Crippen LogP contribution is -2.41. The fourth-order valence-electron chi connectivity index (χ4n) is 3.06. The van der Waals surface area contributed by atoms with Crippen molar-refractivity contribution in [1.82, 2.24) is 5.32 Å². The highest BCUT2D eigenvalue weighted by molar-refractivity contribution is 8.00. The van der Waals surface area contributed by atoms with Crippen molar-refractivity contribution in [2.45, 2.75) is 57.9 Å².